The Hall–Kier alpha value is -4.11. The number of thioether (sulfide) groups is 1. The summed E-state index contributed by atoms with van der Waals surface area (Å²) >= 11 is 20.4. The highest BCUT2D eigenvalue weighted by molar-refractivity contribution is 7.98. The van der Waals surface area contributed by atoms with E-state index in [-0.39, 0.29) is 31.7 Å². The zero-order valence-corrected chi connectivity index (χ0v) is 26.1. The number of hydrogen-bond donors (Lipinski definition) is 3. The number of nitrogens with zero attached hydrogens (tertiary/aromatic N) is 2. The van der Waals surface area contributed by atoms with Crippen molar-refractivity contribution in [1.29, 1.82) is 0 Å². The van der Waals surface area contributed by atoms with E-state index in [1.165, 1.54) is 6.20 Å². The summed E-state index contributed by atoms with van der Waals surface area (Å²) in [7, 11) is 0. The maximum absolute atomic E-state index is 13.9. The van der Waals surface area contributed by atoms with Crippen molar-refractivity contribution in [2.45, 2.75) is 23.1 Å². The average molecular weight is 735 g/mol. The molecular formula is C30H16Cl3F6N3O4S. The van der Waals surface area contributed by atoms with Gasteiger partial charge < -0.3 is 15.2 Å². The Morgan fingerprint density at radius 1 is 0.830 bits per heavy atom. The molecule has 47 heavy (non-hydrogen) atoms. The lowest BCUT2D eigenvalue weighted by atomic mass is 10.0. The number of benzene rings is 2. The first-order valence-electron chi connectivity index (χ1n) is 12.9. The summed E-state index contributed by atoms with van der Waals surface area (Å²) in [6.45, 7) is 0. The minimum Gasteiger partial charge on any atom is -0.507 e. The van der Waals surface area contributed by atoms with Crippen LogP contribution in [0.15, 0.2) is 71.9 Å². The van der Waals surface area contributed by atoms with Crippen LogP contribution in [0.2, 0.25) is 15.2 Å². The molecule has 0 aliphatic rings. The van der Waals surface area contributed by atoms with Gasteiger partial charge in [0.2, 0.25) is 11.6 Å². The molecule has 17 heteroatoms. The molecule has 0 radical (unpaired) electrons. The number of aromatic hydroxyl groups is 2. The Bertz CT molecular complexity index is 2030. The average Bonchev–Trinajstić information content (AvgIpc) is 3.48. The Morgan fingerprint density at radius 3 is 1.91 bits per heavy atom. The number of aromatic nitrogens is 3. The highest BCUT2D eigenvalue weighted by atomic mass is 35.5. The number of H-pyrrole nitrogens is 1. The number of carbonyl (C=O) groups is 2. The number of phenolic OH excluding ortho intramolecular Hbond substituents is 2. The van der Waals surface area contributed by atoms with Crippen molar-refractivity contribution >= 4 is 58.1 Å². The van der Waals surface area contributed by atoms with Crippen LogP contribution in [0.1, 0.15) is 48.9 Å². The molecule has 7 nitrogen and oxygen atoms in total. The number of halogens is 9. The van der Waals surface area contributed by atoms with E-state index in [4.69, 9.17) is 34.8 Å². The van der Waals surface area contributed by atoms with E-state index < -0.39 is 69.1 Å². The molecule has 0 spiro atoms. The molecule has 2 aromatic carbocycles. The van der Waals surface area contributed by atoms with Crippen molar-refractivity contribution in [2.24, 2.45) is 0 Å². The fourth-order valence-corrected chi connectivity index (χ4v) is 6.23. The van der Waals surface area contributed by atoms with Crippen molar-refractivity contribution in [3.05, 3.63) is 121 Å². The maximum atomic E-state index is 13.9. The Morgan fingerprint density at radius 2 is 1.40 bits per heavy atom. The van der Waals surface area contributed by atoms with Crippen LogP contribution >= 0.6 is 46.6 Å². The van der Waals surface area contributed by atoms with Crippen LogP contribution in [0, 0.1) is 0 Å². The minimum absolute atomic E-state index is 0.0651. The van der Waals surface area contributed by atoms with Gasteiger partial charge in [0.1, 0.15) is 27.4 Å². The van der Waals surface area contributed by atoms with E-state index in [0.717, 1.165) is 34.5 Å². The molecule has 0 unspecified atom stereocenters. The van der Waals surface area contributed by atoms with E-state index in [1.54, 1.807) is 18.2 Å². The molecule has 0 amide bonds. The first-order chi connectivity index (χ1) is 22.0. The predicted molar refractivity (Wildman–Crippen MR) is 162 cm³/mol. The third kappa shape index (κ3) is 6.82. The molecule has 0 saturated carbocycles. The third-order valence-electron chi connectivity index (χ3n) is 6.69. The highest BCUT2D eigenvalue weighted by Gasteiger charge is 2.35. The summed E-state index contributed by atoms with van der Waals surface area (Å²) in [5.41, 5.74) is -4.28. The first-order valence-corrected chi connectivity index (χ1v) is 15.0. The largest absolute Gasteiger partial charge is 0.507 e. The van der Waals surface area contributed by atoms with Crippen LogP contribution in [-0.4, -0.2) is 36.3 Å². The molecule has 0 bridgehead atoms. The molecule has 0 aliphatic heterocycles. The van der Waals surface area contributed by atoms with Crippen molar-refractivity contribution in [1.82, 2.24) is 14.5 Å². The lowest BCUT2D eigenvalue weighted by molar-refractivity contribution is -0.138. The van der Waals surface area contributed by atoms with Crippen molar-refractivity contribution < 1.29 is 46.1 Å². The van der Waals surface area contributed by atoms with Gasteiger partial charge in [-0.3, -0.25) is 19.1 Å². The fraction of sp³-hybridized carbons (Fsp3) is 0.100. The first kappa shape index (κ1) is 34.2. The second kappa shape index (κ2) is 12.8. The van der Waals surface area contributed by atoms with E-state index in [9.17, 15) is 46.1 Å². The van der Waals surface area contributed by atoms with Gasteiger partial charge >= 0.3 is 12.4 Å². The van der Waals surface area contributed by atoms with E-state index in [1.807, 2.05) is 0 Å². The molecule has 0 aliphatic carbocycles. The Balaban J connectivity index is 1.71. The second-order valence-electron chi connectivity index (χ2n) is 9.72. The lowest BCUT2D eigenvalue weighted by Crippen LogP contribution is -2.14. The number of ketones is 2. The van der Waals surface area contributed by atoms with Gasteiger partial charge in [0.05, 0.1) is 49.4 Å². The number of nitrogens with one attached hydrogen (secondary N) is 1. The minimum atomic E-state index is -4.83. The molecule has 3 N–H and O–H groups in total. The zero-order chi connectivity index (χ0) is 34.4. The van der Waals surface area contributed by atoms with E-state index in [2.05, 4.69) is 9.97 Å². The van der Waals surface area contributed by atoms with Crippen LogP contribution < -0.4 is 0 Å². The summed E-state index contributed by atoms with van der Waals surface area (Å²) in [5.74, 6) is -4.05. The Kier molecular flexibility index (Phi) is 9.34. The zero-order valence-electron chi connectivity index (χ0n) is 23.0. The molecule has 5 rings (SSSR count). The molecule has 0 saturated heterocycles. The summed E-state index contributed by atoms with van der Waals surface area (Å²) in [5, 5.41) is 20.1. The number of hydrogen-bond acceptors (Lipinski definition) is 6. The van der Waals surface area contributed by atoms with E-state index in [0.29, 0.717) is 30.0 Å². The maximum Gasteiger partial charge on any atom is 0.416 e. The quantitative estimate of drug-likeness (QED) is 0.0833. The van der Waals surface area contributed by atoms with Gasteiger partial charge in [-0.15, -0.1) is 0 Å². The van der Waals surface area contributed by atoms with E-state index >= 15 is 0 Å². The molecule has 0 atom stereocenters. The molecule has 5 aromatic rings. The Labute approximate surface area is 279 Å². The normalized spacial score (nSPS) is 12.0. The molecule has 3 aromatic heterocycles. The third-order valence-corrected chi connectivity index (χ3v) is 8.95. The van der Waals surface area contributed by atoms with Crippen LogP contribution in [-0.2, 0) is 18.1 Å². The van der Waals surface area contributed by atoms with Crippen LogP contribution in [0.4, 0.5) is 26.3 Å². The molecule has 0 fully saturated rings. The standard InChI is InChI=1S/C30H16Cl3F6N3O4S/c31-18-11-19(25(45)16-6-4-13(9-20(16)43)29(34,35)36)42(28(18)47-12-15-3-1-2-8-40-15)24-22(32)27(33)41-23(24)26(46)17-7-5-14(10-21(17)44)30(37,38)39/h1-11,41,43-44H,12H2. The number of aromatic amines is 1. The number of carbonyl (C=O) groups excluding carboxylic acids is 2. The smallest absolute Gasteiger partial charge is 0.416 e. The van der Waals surface area contributed by atoms with Crippen LogP contribution in [0.25, 0.3) is 5.69 Å². The molecule has 244 valence electrons. The lowest BCUT2D eigenvalue weighted by Gasteiger charge is -2.16. The number of pyridine rings is 1. The monoisotopic (exact) mass is 733 g/mol. The van der Waals surface area contributed by atoms with Gasteiger partial charge in [-0.05, 0) is 54.6 Å². The highest BCUT2D eigenvalue weighted by Crippen LogP contribution is 2.43. The number of phenols is 2. The number of rotatable bonds is 8. The van der Waals surface area contributed by atoms with Gasteiger partial charge in [0, 0.05) is 11.9 Å². The van der Waals surface area contributed by atoms with Crippen LogP contribution in [0.3, 0.4) is 0 Å². The van der Waals surface area contributed by atoms with Gasteiger partial charge in [0.15, 0.2) is 0 Å². The van der Waals surface area contributed by atoms with Gasteiger partial charge in [0.25, 0.3) is 0 Å². The summed E-state index contributed by atoms with van der Waals surface area (Å²) in [4.78, 5) is 34.3. The van der Waals surface area contributed by atoms with Gasteiger partial charge in [-0.1, -0.05) is 52.6 Å². The van der Waals surface area contributed by atoms with Crippen molar-refractivity contribution in [3.63, 3.8) is 0 Å². The summed E-state index contributed by atoms with van der Waals surface area (Å²) < 4.78 is 80.4. The van der Waals surface area contributed by atoms with Gasteiger partial charge in [-0.2, -0.15) is 26.3 Å². The van der Waals surface area contributed by atoms with Crippen molar-refractivity contribution in [2.75, 3.05) is 0 Å². The molecule has 3 heterocycles. The SMILES string of the molecule is O=C(c1ccc(C(F)(F)F)cc1O)c1[nH]c(Cl)c(Cl)c1-n1c(C(=O)c2ccc(C(F)(F)F)cc2O)cc(Cl)c1SCc1ccccn1. The summed E-state index contributed by atoms with van der Waals surface area (Å²) in [6, 6.07) is 9.55. The summed E-state index contributed by atoms with van der Waals surface area (Å²) in [6.07, 6.45) is -8.13. The topological polar surface area (TPSA) is 108 Å². The van der Waals surface area contributed by atoms with Crippen molar-refractivity contribution in [3.8, 4) is 17.2 Å². The molecular weight excluding hydrogens is 719 g/mol. The van der Waals surface area contributed by atoms with Crippen LogP contribution in [0.5, 0.6) is 11.5 Å². The fourth-order valence-electron chi connectivity index (χ4n) is 4.50. The number of alkyl halides is 6. The van der Waals surface area contributed by atoms with Gasteiger partial charge in [-0.25, -0.2) is 0 Å². The second-order valence-corrected chi connectivity index (χ2v) is 11.8. The predicted octanol–water partition coefficient (Wildman–Crippen LogP) is 9.36.